The van der Waals surface area contributed by atoms with Gasteiger partial charge in [0.1, 0.15) is 0 Å². The van der Waals surface area contributed by atoms with Gasteiger partial charge in [0.05, 0.1) is 0 Å². The van der Waals surface area contributed by atoms with E-state index in [4.69, 9.17) is 11.6 Å². The van der Waals surface area contributed by atoms with Crippen molar-refractivity contribution in [1.29, 1.82) is 0 Å². The molecule has 0 saturated carbocycles. The summed E-state index contributed by atoms with van der Waals surface area (Å²) in [6.45, 7) is 5.41. The van der Waals surface area contributed by atoms with Crippen LogP contribution in [0.4, 0.5) is 5.69 Å². The Morgan fingerprint density at radius 1 is 1.46 bits per heavy atom. The molecule has 0 aliphatic carbocycles. The summed E-state index contributed by atoms with van der Waals surface area (Å²) in [6.07, 6.45) is 1.22. The molecule has 2 heteroatoms. The summed E-state index contributed by atoms with van der Waals surface area (Å²) < 4.78 is 0. The van der Waals surface area contributed by atoms with Gasteiger partial charge in [-0.3, -0.25) is 0 Å². The van der Waals surface area contributed by atoms with Gasteiger partial charge in [0.2, 0.25) is 0 Å². The second kappa shape index (κ2) is 3.22. The van der Waals surface area contributed by atoms with Gasteiger partial charge in [-0.1, -0.05) is 24.6 Å². The Bertz CT molecular complexity index is 333. The summed E-state index contributed by atoms with van der Waals surface area (Å²) in [5.74, 6) is 0.659. The molecule has 0 saturated heterocycles. The van der Waals surface area contributed by atoms with Gasteiger partial charge < -0.3 is 5.32 Å². The Morgan fingerprint density at radius 3 is 3.00 bits per heavy atom. The molecule has 1 aromatic rings. The monoisotopic (exact) mass is 195 g/mol. The first-order chi connectivity index (χ1) is 6.20. The van der Waals surface area contributed by atoms with Gasteiger partial charge in [-0.25, -0.2) is 0 Å². The van der Waals surface area contributed by atoms with E-state index in [1.165, 1.54) is 23.2 Å². The van der Waals surface area contributed by atoms with Crippen LogP contribution in [0.3, 0.4) is 0 Å². The number of fused-ring (bicyclic) bond motifs is 1. The van der Waals surface area contributed by atoms with E-state index in [0.29, 0.717) is 5.92 Å². The van der Waals surface area contributed by atoms with Crippen molar-refractivity contribution in [1.82, 2.24) is 0 Å². The van der Waals surface area contributed by atoms with Crippen molar-refractivity contribution < 1.29 is 0 Å². The summed E-state index contributed by atoms with van der Waals surface area (Å²) >= 11 is 6.05. The standard InChI is InChI=1S/C11H14ClN/c1-7-5-6-13-11-8(2)10(12)4-3-9(7)11/h3-4,7,13H,5-6H2,1-2H3. The van der Waals surface area contributed by atoms with E-state index < -0.39 is 0 Å². The highest BCUT2D eigenvalue weighted by Gasteiger charge is 2.18. The summed E-state index contributed by atoms with van der Waals surface area (Å²) in [6, 6.07) is 4.14. The van der Waals surface area contributed by atoms with Crippen LogP contribution in [0.2, 0.25) is 5.02 Å². The molecule has 13 heavy (non-hydrogen) atoms. The minimum atomic E-state index is 0.659. The lowest BCUT2D eigenvalue weighted by Gasteiger charge is -2.25. The first-order valence-electron chi connectivity index (χ1n) is 4.73. The molecule has 1 atom stereocenters. The van der Waals surface area contributed by atoms with E-state index >= 15 is 0 Å². The molecular weight excluding hydrogens is 182 g/mol. The van der Waals surface area contributed by atoms with Crippen LogP contribution in [0.1, 0.15) is 30.4 Å². The largest absolute Gasteiger partial charge is 0.385 e. The van der Waals surface area contributed by atoms with Gasteiger partial charge >= 0.3 is 0 Å². The summed E-state index contributed by atoms with van der Waals surface area (Å²) in [5.41, 5.74) is 3.85. The fourth-order valence-electron chi connectivity index (χ4n) is 1.92. The molecular formula is C11H14ClN. The van der Waals surface area contributed by atoms with Crippen molar-refractivity contribution >= 4 is 17.3 Å². The Balaban J connectivity index is 2.56. The van der Waals surface area contributed by atoms with Crippen LogP contribution in [0.5, 0.6) is 0 Å². The Kier molecular flexibility index (Phi) is 2.20. The highest BCUT2D eigenvalue weighted by molar-refractivity contribution is 6.31. The number of rotatable bonds is 0. The molecule has 0 bridgehead atoms. The summed E-state index contributed by atoms with van der Waals surface area (Å²) in [5, 5.41) is 4.28. The maximum atomic E-state index is 6.05. The lowest BCUT2D eigenvalue weighted by atomic mass is 9.91. The molecule has 0 amide bonds. The van der Waals surface area contributed by atoms with Crippen molar-refractivity contribution in [3.8, 4) is 0 Å². The molecule has 0 aromatic heterocycles. The van der Waals surface area contributed by atoms with Crippen LogP contribution in [0, 0.1) is 6.92 Å². The number of anilines is 1. The average molecular weight is 196 g/mol. The highest BCUT2D eigenvalue weighted by atomic mass is 35.5. The van der Waals surface area contributed by atoms with Gasteiger partial charge in [-0.05, 0) is 36.5 Å². The predicted octanol–water partition coefficient (Wildman–Crippen LogP) is 3.57. The first kappa shape index (κ1) is 8.89. The molecule has 1 aliphatic heterocycles. The second-order valence-corrected chi connectivity index (χ2v) is 4.16. The Hall–Kier alpha value is -0.690. The molecule has 0 radical (unpaired) electrons. The van der Waals surface area contributed by atoms with Gasteiger partial charge in [0, 0.05) is 17.3 Å². The van der Waals surface area contributed by atoms with Crippen LogP contribution in [-0.2, 0) is 0 Å². The lowest BCUT2D eigenvalue weighted by molar-refractivity contribution is 0.682. The second-order valence-electron chi connectivity index (χ2n) is 3.75. The molecule has 1 aliphatic rings. The van der Waals surface area contributed by atoms with Gasteiger partial charge in [-0.15, -0.1) is 0 Å². The van der Waals surface area contributed by atoms with Crippen molar-refractivity contribution in [2.75, 3.05) is 11.9 Å². The zero-order chi connectivity index (χ0) is 9.42. The Labute approximate surface area is 84.1 Å². The van der Waals surface area contributed by atoms with Gasteiger partial charge in [0.15, 0.2) is 0 Å². The minimum absolute atomic E-state index is 0.659. The van der Waals surface area contributed by atoms with E-state index in [0.717, 1.165) is 11.6 Å². The van der Waals surface area contributed by atoms with Crippen LogP contribution in [-0.4, -0.2) is 6.54 Å². The average Bonchev–Trinajstić information content (AvgIpc) is 2.12. The summed E-state index contributed by atoms with van der Waals surface area (Å²) in [4.78, 5) is 0. The van der Waals surface area contributed by atoms with E-state index in [2.05, 4.69) is 25.2 Å². The summed E-state index contributed by atoms with van der Waals surface area (Å²) in [7, 11) is 0. The van der Waals surface area contributed by atoms with E-state index in [9.17, 15) is 0 Å². The smallest absolute Gasteiger partial charge is 0.0455 e. The van der Waals surface area contributed by atoms with Gasteiger partial charge in [-0.2, -0.15) is 0 Å². The molecule has 0 fully saturated rings. The fraction of sp³-hybridized carbons (Fsp3) is 0.455. The zero-order valence-corrected chi connectivity index (χ0v) is 8.78. The van der Waals surface area contributed by atoms with E-state index in [1.54, 1.807) is 0 Å². The molecule has 0 spiro atoms. The Morgan fingerprint density at radius 2 is 2.23 bits per heavy atom. The zero-order valence-electron chi connectivity index (χ0n) is 8.02. The van der Waals surface area contributed by atoms with E-state index in [-0.39, 0.29) is 0 Å². The maximum absolute atomic E-state index is 6.05. The molecule has 1 aromatic carbocycles. The number of halogens is 1. The van der Waals surface area contributed by atoms with Crippen LogP contribution < -0.4 is 5.32 Å². The molecule has 1 nitrogen and oxygen atoms in total. The van der Waals surface area contributed by atoms with Crippen molar-refractivity contribution in [2.45, 2.75) is 26.2 Å². The molecule has 70 valence electrons. The molecule has 1 heterocycles. The minimum Gasteiger partial charge on any atom is -0.385 e. The topological polar surface area (TPSA) is 12.0 Å². The number of hydrogen-bond donors (Lipinski definition) is 1. The third kappa shape index (κ3) is 1.42. The van der Waals surface area contributed by atoms with Crippen molar-refractivity contribution in [3.05, 3.63) is 28.3 Å². The lowest BCUT2D eigenvalue weighted by Crippen LogP contribution is -2.15. The molecule has 1 unspecified atom stereocenters. The third-order valence-corrected chi connectivity index (χ3v) is 3.25. The fourth-order valence-corrected chi connectivity index (χ4v) is 2.08. The van der Waals surface area contributed by atoms with Crippen molar-refractivity contribution in [3.63, 3.8) is 0 Å². The quantitative estimate of drug-likeness (QED) is 0.668. The normalized spacial score (nSPS) is 20.7. The maximum Gasteiger partial charge on any atom is 0.0455 e. The first-order valence-corrected chi connectivity index (χ1v) is 5.11. The number of benzene rings is 1. The predicted molar refractivity (Wildman–Crippen MR) is 57.7 cm³/mol. The number of nitrogens with one attached hydrogen (secondary N) is 1. The molecule has 1 N–H and O–H groups in total. The van der Waals surface area contributed by atoms with Crippen LogP contribution in [0.25, 0.3) is 0 Å². The van der Waals surface area contributed by atoms with Crippen LogP contribution >= 0.6 is 11.6 Å². The number of hydrogen-bond acceptors (Lipinski definition) is 1. The third-order valence-electron chi connectivity index (χ3n) is 2.84. The van der Waals surface area contributed by atoms with E-state index in [1.807, 2.05) is 6.07 Å². The van der Waals surface area contributed by atoms with Gasteiger partial charge in [0.25, 0.3) is 0 Å². The highest BCUT2D eigenvalue weighted by Crippen LogP contribution is 2.36. The molecule has 2 rings (SSSR count). The SMILES string of the molecule is Cc1c(Cl)ccc2c1NCCC2C. The van der Waals surface area contributed by atoms with Crippen LogP contribution in [0.15, 0.2) is 12.1 Å². The van der Waals surface area contributed by atoms with Crippen molar-refractivity contribution in [2.24, 2.45) is 0 Å².